The molecule has 0 amide bonds. The Bertz CT molecular complexity index is 655. The van der Waals surface area contributed by atoms with Crippen LogP contribution in [-0.2, 0) is 23.0 Å². The Kier molecular flexibility index (Phi) is 5.43. The molecule has 114 valence electrons. The standard InChI is InChI=1S/C13H19N5O2S/c1-14-9-11-4-2-5-12(8-11)21(19,20)17-7-3-6-13-15-10-16-18-13/h2,4-5,8,10,14,17H,3,6-7,9H2,1H3,(H,15,16,18). The van der Waals surface area contributed by atoms with Crippen LogP contribution in [0.2, 0.25) is 0 Å². The molecule has 0 aliphatic heterocycles. The highest BCUT2D eigenvalue weighted by Crippen LogP contribution is 2.11. The summed E-state index contributed by atoms with van der Waals surface area (Å²) >= 11 is 0. The average molecular weight is 309 g/mol. The molecule has 0 aliphatic carbocycles. The van der Waals surface area contributed by atoms with Gasteiger partial charge in [-0.05, 0) is 31.2 Å². The number of rotatable bonds is 8. The topological polar surface area (TPSA) is 99.8 Å². The smallest absolute Gasteiger partial charge is 0.240 e. The van der Waals surface area contributed by atoms with Gasteiger partial charge in [0.05, 0.1) is 4.90 Å². The number of nitrogens with one attached hydrogen (secondary N) is 3. The summed E-state index contributed by atoms with van der Waals surface area (Å²) in [6.07, 6.45) is 2.75. The molecule has 0 spiro atoms. The van der Waals surface area contributed by atoms with Gasteiger partial charge in [0, 0.05) is 19.5 Å². The predicted molar refractivity (Wildman–Crippen MR) is 79.1 cm³/mol. The molecule has 2 aromatic rings. The Labute approximate surface area is 124 Å². The fraction of sp³-hybridized carbons (Fsp3) is 0.385. The number of hydrogen-bond acceptors (Lipinski definition) is 5. The van der Waals surface area contributed by atoms with Gasteiger partial charge in [-0.1, -0.05) is 12.1 Å². The highest BCUT2D eigenvalue weighted by atomic mass is 32.2. The Balaban J connectivity index is 1.90. The van der Waals surface area contributed by atoms with Gasteiger partial charge in [0.25, 0.3) is 0 Å². The van der Waals surface area contributed by atoms with Crippen molar-refractivity contribution < 1.29 is 8.42 Å². The molecule has 1 heterocycles. The highest BCUT2D eigenvalue weighted by molar-refractivity contribution is 7.89. The SMILES string of the molecule is CNCc1cccc(S(=O)(=O)NCCCc2ncn[nH]2)c1. The molecule has 3 N–H and O–H groups in total. The minimum atomic E-state index is -3.47. The van der Waals surface area contributed by atoms with Crippen LogP contribution in [0.25, 0.3) is 0 Å². The van der Waals surface area contributed by atoms with Gasteiger partial charge in [-0.3, -0.25) is 5.10 Å². The number of aromatic nitrogens is 3. The molecule has 8 heteroatoms. The normalized spacial score (nSPS) is 11.7. The van der Waals surface area contributed by atoms with E-state index in [-0.39, 0.29) is 4.90 Å². The van der Waals surface area contributed by atoms with Crippen molar-refractivity contribution >= 4 is 10.0 Å². The third-order valence-corrected chi connectivity index (χ3v) is 4.40. The summed E-state index contributed by atoms with van der Waals surface area (Å²) in [5.74, 6) is 0.755. The van der Waals surface area contributed by atoms with Crippen LogP contribution in [0.15, 0.2) is 35.5 Å². The molecule has 0 unspecified atom stereocenters. The first-order valence-electron chi connectivity index (χ1n) is 6.69. The molecule has 0 fully saturated rings. The Morgan fingerprint density at radius 3 is 2.90 bits per heavy atom. The van der Waals surface area contributed by atoms with Gasteiger partial charge in [-0.25, -0.2) is 18.1 Å². The van der Waals surface area contributed by atoms with Crippen LogP contribution in [0.1, 0.15) is 17.8 Å². The number of sulfonamides is 1. The zero-order valence-corrected chi connectivity index (χ0v) is 12.7. The molecular formula is C13H19N5O2S. The minimum Gasteiger partial charge on any atom is -0.316 e. The van der Waals surface area contributed by atoms with E-state index in [2.05, 4.69) is 25.2 Å². The van der Waals surface area contributed by atoms with Gasteiger partial charge in [0.2, 0.25) is 10.0 Å². The van der Waals surface area contributed by atoms with E-state index in [0.29, 0.717) is 25.9 Å². The number of hydrogen-bond donors (Lipinski definition) is 3. The Morgan fingerprint density at radius 1 is 1.33 bits per heavy atom. The fourth-order valence-electron chi connectivity index (χ4n) is 1.92. The summed E-state index contributed by atoms with van der Waals surface area (Å²) in [7, 11) is -1.64. The maximum absolute atomic E-state index is 12.2. The van der Waals surface area contributed by atoms with E-state index in [4.69, 9.17) is 0 Å². The van der Waals surface area contributed by atoms with E-state index < -0.39 is 10.0 Å². The summed E-state index contributed by atoms with van der Waals surface area (Å²) in [6, 6.07) is 6.91. The van der Waals surface area contributed by atoms with Gasteiger partial charge in [0.15, 0.2) is 0 Å². The third kappa shape index (κ3) is 4.62. The van der Waals surface area contributed by atoms with Crippen molar-refractivity contribution in [1.29, 1.82) is 0 Å². The van der Waals surface area contributed by atoms with Gasteiger partial charge in [-0.15, -0.1) is 0 Å². The van der Waals surface area contributed by atoms with E-state index in [1.165, 1.54) is 6.33 Å². The molecule has 1 aromatic heterocycles. The number of aryl methyl sites for hydroxylation is 1. The van der Waals surface area contributed by atoms with E-state index in [1.807, 2.05) is 13.1 Å². The molecular weight excluding hydrogens is 290 g/mol. The molecule has 0 bridgehead atoms. The van der Waals surface area contributed by atoms with Crippen molar-refractivity contribution in [3.8, 4) is 0 Å². The van der Waals surface area contributed by atoms with Gasteiger partial charge >= 0.3 is 0 Å². The molecule has 0 saturated carbocycles. The van der Waals surface area contributed by atoms with Crippen LogP contribution in [0.3, 0.4) is 0 Å². The second-order valence-corrected chi connectivity index (χ2v) is 6.38. The van der Waals surface area contributed by atoms with Crippen molar-refractivity contribution in [3.63, 3.8) is 0 Å². The van der Waals surface area contributed by atoms with Crippen molar-refractivity contribution in [2.24, 2.45) is 0 Å². The average Bonchev–Trinajstić information content (AvgIpc) is 2.98. The number of nitrogens with zero attached hydrogens (tertiary/aromatic N) is 2. The van der Waals surface area contributed by atoms with E-state index >= 15 is 0 Å². The summed E-state index contributed by atoms with van der Waals surface area (Å²) < 4.78 is 27.0. The third-order valence-electron chi connectivity index (χ3n) is 2.94. The monoisotopic (exact) mass is 309 g/mol. The molecule has 2 rings (SSSR count). The van der Waals surface area contributed by atoms with Gasteiger partial charge in [0.1, 0.15) is 12.2 Å². The highest BCUT2D eigenvalue weighted by Gasteiger charge is 2.13. The van der Waals surface area contributed by atoms with Crippen molar-refractivity contribution in [1.82, 2.24) is 25.2 Å². The lowest BCUT2D eigenvalue weighted by Crippen LogP contribution is -2.25. The predicted octanol–water partition coefficient (Wildman–Crippen LogP) is 0.435. The summed E-state index contributed by atoms with van der Waals surface area (Å²) in [4.78, 5) is 4.28. The molecule has 0 aliphatic rings. The largest absolute Gasteiger partial charge is 0.316 e. The second kappa shape index (κ2) is 7.30. The Morgan fingerprint density at radius 2 is 2.19 bits per heavy atom. The zero-order valence-electron chi connectivity index (χ0n) is 11.8. The Hall–Kier alpha value is -1.77. The van der Waals surface area contributed by atoms with Crippen LogP contribution >= 0.6 is 0 Å². The zero-order chi connectivity index (χ0) is 15.1. The molecule has 0 saturated heterocycles. The minimum absolute atomic E-state index is 0.287. The molecule has 7 nitrogen and oxygen atoms in total. The van der Waals surface area contributed by atoms with Crippen molar-refractivity contribution in [3.05, 3.63) is 42.0 Å². The second-order valence-electron chi connectivity index (χ2n) is 4.61. The van der Waals surface area contributed by atoms with Crippen molar-refractivity contribution in [2.45, 2.75) is 24.3 Å². The van der Waals surface area contributed by atoms with E-state index in [0.717, 1.165) is 11.4 Å². The van der Waals surface area contributed by atoms with E-state index in [9.17, 15) is 8.42 Å². The quantitative estimate of drug-likeness (QED) is 0.614. The lowest BCUT2D eigenvalue weighted by atomic mass is 10.2. The lowest BCUT2D eigenvalue weighted by molar-refractivity contribution is 0.578. The molecule has 0 radical (unpaired) electrons. The molecule has 21 heavy (non-hydrogen) atoms. The van der Waals surface area contributed by atoms with Crippen LogP contribution < -0.4 is 10.0 Å². The maximum atomic E-state index is 12.2. The van der Waals surface area contributed by atoms with Crippen LogP contribution in [-0.4, -0.2) is 37.2 Å². The molecule has 0 atom stereocenters. The van der Waals surface area contributed by atoms with Crippen LogP contribution in [0, 0.1) is 0 Å². The van der Waals surface area contributed by atoms with E-state index in [1.54, 1.807) is 18.2 Å². The van der Waals surface area contributed by atoms with Crippen molar-refractivity contribution in [2.75, 3.05) is 13.6 Å². The van der Waals surface area contributed by atoms with Gasteiger partial charge in [-0.2, -0.15) is 5.10 Å². The lowest BCUT2D eigenvalue weighted by Gasteiger charge is -2.08. The molecule has 1 aromatic carbocycles. The van der Waals surface area contributed by atoms with Crippen LogP contribution in [0.4, 0.5) is 0 Å². The summed E-state index contributed by atoms with van der Waals surface area (Å²) in [6.45, 7) is 0.994. The maximum Gasteiger partial charge on any atom is 0.240 e. The summed E-state index contributed by atoms with van der Waals surface area (Å²) in [5.41, 5.74) is 0.932. The first kappa shape index (κ1) is 15.6. The number of benzene rings is 1. The number of H-pyrrole nitrogens is 1. The number of aromatic amines is 1. The van der Waals surface area contributed by atoms with Gasteiger partial charge < -0.3 is 5.32 Å². The first-order chi connectivity index (χ1) is 10.1. The van der Waals surface area contributed by atoms with Crippen LogP contribution in [0.5, 0.6) is 0 Å². The fourth-order valence-corrected chi connectivity index (χ4v) is 3.07. The summed E-state index contributed by atoms with van der Waals surface area (Å²) in [5, 5.41) is 9.49. The first-order valence-corrected chi connectivity index (χ1v) is 8.17.